The number of rotatable bonds is 6. The summed E-state index contributed by atoms with van der Waals surface area (Å²) in [5.74, 6) is 1.45. The second kappa shape index (κ2) is 7.15. The molecule has 1 aromatic heterocycles. The predicted molar refractivity (Wildman–Crippen MR) is 112 cm³/mol. The highest BCUT2D eigenvalue weighted by Gasteiger charge is 2.31. The van der Waals surface area contributed by atoms with Crippen LogP contribution in [-0.2, 0) is 4.79 Å². The van der Waals surface area contributed by atoms with Crippen LogP contribution in [0.25, 0.3) is 5.69 Å². The first-order valence-electron chi connectivity index (χ1n) is 9.73. The zero-order valence-corrected chi connectivity index (χ0v) is 16.8. The minimum atomic E-state index is -0.227. The van der Waals surface area contributed by atoms with Crippen LogP contribution in [0, 0.1) is 0 Å². The van der Waals surface area contributed by atoms with Crippen LogP contribution >= 0.6 is 11.8 Å². The number of para-hydroxylation sites is 1. The van der Waals surface area contributed by atoms with Gasteiger partial charge >= 0.3 is 0 Å². The van der Waals surface area contributed by atoms with Crippen molar-refractivity contribution >= 4 is 29.1 Å². The zero-order chi connectivity index (χ0) is 20.0. The minimum absolute atomic E-state index is 0.00776. The quantitative estimate of drug-likeness (QED) is 0.493. The van der Waals surface area contributed by atoms with Crippen molar-refractivity contribution < 1.29 is 9.59 Å². The Kier molecular flexibility index (Phi) is 4.47. The fourth-order valence-electron chi connectivity index (χ4n) is 3.53. The van der Waals surface area contributed by atoms with Crippen molar-refractivity contribution in [3.63, 3.8) is 0 Å². The van der Waals surface area contributed by atoms with Gasteiger partial charge in [0.05, 0.1) is 17.4 Å². The van der Waals surface area contributed by atoms with Crippen LogP contribution in [0.5, 0.6) is 0 Å². The Labute approximate surface area is 172 Å². The van der Waals surface area contributed by atoms with E-state index in [9.17, 15) is 9.59 Å². The van der Waals surface area contributed by atoms with E-state index in [2.05, 4.69) is 10.4 Å². The molecule has 2 aliphatic rings. The maximum absolute atomic E-state index is 12.7. The minimum Gasteiger partial charge on any atom is -0.325 e. The van der Waals surface area contributed by atoms with E-state index in [0.717, 1.165) is 35.6 Å². The smallest absolute Gasteiger partial charge is 0.231 e. The Balaban J connectivity index is 1.33. The number of hydrogen-bond donors (Lipinski definition) is 1. The molecule has 1 amide bonds. The van der Waals surface area contributed by atoms with Gasteiger partial charge in [-0.05, 0) is 55.7 Å². The van der Waals surface area contributed by atoms with Crippen LogP contribution in [-0.4, -0.2) is 32.2 Å². The number of thioether (sulfide) groups is 1. The van der Waals surface area contributed by atoms with Gasteiger partial charge in [0.1, 0.15) is 5.82 Å². The number of aromatic nitrogens is 3. The molecule has 1 aliphatic heterocycles. The van der Waals surface area contributed by atoms with E-state index in [-0.39, 0.29) is 23.4 Å². The molecule has 6 nitrogen and oxygen atoms in total. The number of amides is 1. The topological polar surface area (TPSA) is 76.9 Å². The van der Waals surface area contributed by atoms with E-state index in [1.165, 1.54) is 11.8 Å². The Morgan fingerprint density at radius 2 is 2.00 bits per heavy atom. The summed E-state index contributed by atoms with van der Waals surface area (Å²) in [6.45, 7) is 1.85. The van der Waals surface area contributed by atoms with E-state index in [1.807, 2.05) is 54.1 Å². The third-order valence-corrected chi connectivity index (χ3v) is 6.22. The molecule has 0 bridgehead atoms. The molecule has 1 aliphatic carbocycles. The largest absolute Gasteiger partial charge is 0.325 e. The van der Waals surface area contributed by atoms with Crippen LogP contribution in [0.1, 0.15) is 53.3 Å². The van der Waals surface area contributed by atoms with E-state index < -0.39 is 0 Å². The lowest BCUT2D eigenvalue weighted by atomic mass is 9.99. The lowest BCUT2D eigenvalue weighted by Gasteiger charge is -2.05. The lowest BCUT2D eigenvalue weighted by molar-refractivity contribution is -0.116. The number of ketones is 1. The van der Waals surface area contributed by atoms with Gasteiger partial charge in [0, 0.05) is 17.2 Å². The van der Waals surface area contributed by atoms with Crippen LogP contribution in [0.4, 0.5) is 5.69 Å². The molecule has 0 unspecified atom stereocenters. The number of carbonyl (C=O) groups is 2. The molecule has 0 spiro atoms. The molecule has 2 heterocycles. The average molecular weight is 404 g/mol. The first-order chi connectivity index (χ1) is 14.1. The van der Waals surface area contributed by atoms with Crippen molar-refractivity contribution in [2.24, 2.45) is 0 Å². The van der Waals surface area contributed by atoms with Crippen LogP contribution in [0.2, 0.25) is 0 Å². The van der Waals surface area contributed by atoms with Crippen molar-refractivity contribution in [1.29, 1.82) is 0 Å². The van der Waals surface area contributed by atoms with Gasteiger partial charge in [0.25, 0.3) is 0 Å². The molecule has 2 aromatic carbocycles. The highest BCUT2D eigenvalue weighted by molar-refractivity contribution is 7.99. The fraction of sp³-hybridized carbons (Fsp3) is 0.273. The second-order valence-electron chi connectivity index (χ2n) is 7.50. The summed E-state index contributed by atoms with van der Waals surface area (Å²) < 4.78 is 1.90. The monoisotopic (exact) mass is 404 g/mol. The van der Waals surface area contributed by atoms with Crippen molar-refractivity contribution in [1.82, 2.24) is 14.8 Å². The molecule has 1 fully saturated rings. The van der Waals surface area contributed by atoms with Crippen LogP contribution < -0.4 is 5.32 Å². The molecular formula is C22H20N4O2S. The molecule has 7 heteroatoms. The highest BCUT2D eigenvalue weighted by Crippen LogP contribution is 2.40. The standard InChI is InChI=1S/C22H20N4O2S/c1-13-17-11-15(9-10-18(17)23-21(13)28)19(27)12-29-22-24-20(14-7-8-14)26(25-22)16-5-3-2-4-6-16/h2-6,9-11,13-14H,7-8,12H2,1H3,(H,23,28)/t13-/m1/s1. The summed E-state index contributed by atoms with van der Waals surface area (Å²) in [6.07, 6.45) is 2.27. The van der Waals surface area contributed by atoms with Crippen molar-refractivity contribution in [2.75, 3.05) is 11.1 Å². The molecule has 29 heavy (non-hydrogen) atoms. The molecule has 1 saturated carbocycles. The maximum atomic E-state index is 12.7. The number of hydrogen-bond acceptors (Lipinski definition) is 5. The molecule has 1 atom stereocenters. The average Bonchev–Trinajstić information content (AvgIpc) is 3.44. The van der Waals surface area contributed by atoms with Gasteiger partial charge in [-0.2, -0.15) is 0 Å². The number of Topliss-reactive ketones (excluding diaryl/α,β-unsaturated/α-hetero) is 1. The van der Waals surface area contributed by atoms with Crippen molar-refractivity contribution in [3.8, 4) is 5.69 Å². The molecule has 146 valence electrons. The number of benzene rings is 2. The Bertz CT molecular complexity index is 1110. The number of carbonyl (C=O) groups excluding carboxylic acids is 2. The first-order valence-corrected chi connectivity index (χ1v) is 10.7. The molecule has 3 aromatic rings. The summed E-state index contributed by atoms with van der Waals surface area (Å²) >= 11 is 1.36. The number of nitrogens with one attached hydrogen (secondary N) is 1. The number of fused-ring (bicyclic) bond motifs is 1. The van der Waals surface area contributed by atoms with Crippen molar-refractivity contribution in [2.45, 2.75) is 36.8 Å². The van der Waals surface area contributed by atoms with Gasteiger partial charge < -0.3 is 5.32 Å². The second-order valence-corrected chi connectivity index (χ2v) is 8.44. The summed E-state index contributed by atoms with van der Waals surface area (Å²) in [6, 6.07) is 15.4. The van der Waals surface area contributed by atoms with Gasteiger partial charge in [-0.25, -0.2) is 9.67 Å². The van der Waals surface area contributed by atoms with Crippen LogP contribution in [0.3, 0.4) is 0 Å². The van der Waals surface area contributed by atoms with E-state index >= 15 is 0 Å². The fourth-order valence-corrected chi connectivity index (χ4v) is 4.26. The Morgan fingerprint density at radius 1 is 1.21 bits per heavy atom. The van der Waals surface area contributed by atoms with Gasteiger partial charge in [0.15, 0.2) is 5.78 Å². The molecule has 5 rings (SSSR count). The van der Waals surface area contributed by atoms with Crippen LogP contribution in [0.15, 0.2) is 53.7 Å². The maximum Gasteiger partial charge on any atom is 0.231 e. The molecule has 0 saturated heterocycles. The van der Waals surface area contributed by atoms with E-state index in [4.69, 9.17) is 4.98 Å². The van der Waals surface area contributed by atoms with Gasteiger partial charge in [-0.3, -0.25) is 9.59 Å². The van der Waals surface area contributed by atoms with Gasteiger partial charge in [0.2, 0.25) is 11.1 Å². The summed E-state index contributed by atoms with van der Waals surface area (Å²) in [4.78, 5) is 29.2. The van der Waals surface area contributed by atoms with Gasteiger partial charge in [-0.1, -0.05) is 30.0 Å². The molecular weight excluding hydrogens is 384 g/mol. The Hall–Kier alpha value is -2.93. The predicted octanol–water partition coefficient (Wildman–Crippen LogP) is 4.18. The third-order valence-electron chi connectivity index (χ3n) is 5.38. The van der Waals surface area contributed by atoms with E-state index in [0.29, 0.717) is 16.6 Å². The third kappa shape index (κ3) is 3.46. The zero-order valence-electron chi connectivity index (χ0n) is 16.0. The highest BCUT2D eigenvalue weighted by atomic mass is 32.2. The molecule has 1 N–H and O–H groups in total. The van der Waals surface area contributed by atoms with Crippen molar-refractivity contribution in [3.05, 3.63) is 65.5 Å². The number of nitrogens with zero attached hydrogens (tertiary/aromatic N) is 3. The lowest BCUT2D eigenvalue weighted by Crippen LogP contribution is -2.08. The van der Waals surface area contributed by atoms with Gasteiger partial charge in [-0.15, -0.1) is 5.10 Å². The summed E-state index contributed by atoms with van der Waals surface area (Å²) in [5, 5.41) is 8.10. The van der Waals surface area contributed by atoms with E-state index in [1.54, 1.807) is 6.07 Å². The summed E-state index contributed by atoms with van der Waals surface area (Å²) in [7, 11) is 0. The Morgan fingerprint density at radius 3 is 2.76 bits per heavy atom. The summed E-state index contributed by atoms with van der Waals surface area (Å²) in [5.41, 5.74) is 3.28. The number of anilines is 1. The molecule has 0 radical (unpaired) electrons. The SMILES string of the molecule is C[C@H]1C(=O)Nc2ccc(C(=O)CSc3nc(C4CC4)n(-c4ccccc4)n3)cc21. The first kappa shape index (κ1) is 18.1. The normalized spacial score (nSPS) is 17.8.